The number of halogens is 1. The summed E-state index contributed by atoms with van der Waals surface area (Å²) in [5.41, 5.74) is 8.12. The van der Waals surface area contributed by atoms with E-state index in [-0.39, 0.29) is 12.0 Å². The Kier molecular flexibility index (Phi) is 6.17. The average molecular weight is 493 g/mol. The highest BCUT2D eigenvalue weighted by Crippen LogP contribution is 2.38. The van der Waals surface area contributed by atoms with Crippen LogP contribution in [0.5, 0.6) is 5.75 Å². The van der Waals surface area contributed by atoms with Crippen LogP contribution in [0, 0.1) is 5.82 Å². The molecular weight excluding hydrogens is 467 g/mol. The summed E-state index contributed by atoms with van der Waals surface area (Å²) in [7, 11) is 0. The molecular formula is C25H25FN6O2S. The molecule has 2 aromatic heterocycles. The summed E-state index contributed by atoms with van der Waals surface area (Å²) in [6.45, 7) is 4.65. The van der Waals surface area contributed by atoms with Crippen LogP contribution in [0.4, 0.5) is 15.9 Å². The van der Waals surface area contributed by atoms with Crippen LogP contribution < -0.4 is 20.9 Å². The number of hydrazine groups is 1. The molecule has 1 fully saturated rings. The molecule has 0 radical (unpaired) electrons. The molecule has 0 amide bonds. The van der Waals surface area contributed by atoms with Gasteiger partial charge in [-0.25, -0.2) is 19.8 Å². The van der Waals surface area contributed by atoms with Crippen LogP contribution in [-0.4, -0.2) is 55.7 Å². The van der Waals surface area contributed by atoms with E-state index in [4.69, 9.17) is 14.5 Å². The fourth-order valence-corrected chi connectivity index (χ4v) is 5.29. The Morgan fingerprint density at radius 1 is 1.17 bits per heavy atom. The molecule has 2 aliphatic rings. The SMILES string of the molecule is Fc1ccc(OCCN2CCOCC2)cc1Nc1nc2c(C3N=CNN3)cccc2c2ccsc12. The van der Waals surface area contributed by atoms with Crippen LogP contribution in [-0.2, 0) is 4.74 Å². The zero-order valence-electron chi connectivity index (χ0n) is 19.0. The summed E-state index contributed by atoms with van der Waals surface area (Å²) in [6.07, 6.45) is 1.39. The van der Waals surface area contributed by atoms with E-state index < -0.39 is 0 Å². The summed E-state index contributed by atoms with van der Waals surface area (Å²) in [4.78, 5) is 11.7. The summed E-state index contributed by atoms with van der Waals surface area (Å²) in [6, 6.07) is 12.9. The molecule has 1 unspecified atom stereocenters. The van der Waals surface area contributed by atoms with E-state index in [0.29, 0.717) is 23.9 Å². The summed E-state index contributed by atoms with van der Waals surface area (Å²) >= 11 is 1.57. The van der Waals surface area contributed by atoms with Crippen molar-refractivity contribution < 1.29 is 13.9 Å². The Morgan fingerprint density at radius 2 is 2.09 bits per heavy atom. The largest absolute Gasteiger partial charge is 0.492 e. The molecule has 35 heavy (non-hydrogen) atoms. The highest BCUT2D eigenvalue weighted by atomic mass is 32.1. The van der Waals surface area contributed by atoms with Crippen molar-refractivity contribution in [2.45, 2.75) is 6.17 Å². The van der Waals surface area contributed by atoms with Gasteiger partial charge in [0.1, 0.15) is 30.2 Å². The molecule has 3 N–H and O–H groups in total. The molecule has 10 heteroatoms. The zero-order valence-corrected chi connectivity index (χ0v) is 19.8. The number of nitrogens with zero attached hydrogens (tertiary/aromatic N) is 3. The van der Waals surface area contributed by atoms with Crippen LogP contribution in [0.15, 0.2) is 52.8 Å². The third-order valence-corrected chi connectivity index (χ3v) is 7.16. The first-order valence-corrected chi connectivity index (χ1v) is 12.5. The fraction of sp³-hybridized carbons (Fsp3) is 0.280. The number of hydrogen-bond acceptors (Lipinski definition) is 9. The van der Waals surface area contributed by atoms with E-state index in [1.54, 1.807) is 29.8 Å². The molecule has 180 valence electrons. The predicted octanol–water partition coefficient (Wildman–Crippen LogP) is 4.18. The van der Waals surface area contributed by atoms with Gasteiger partial charge < -0.3 is 20.2 Å². The molecule has 0 bridgehead atoms. The van der Waals surface area contributed by atoms with Crippen LogP contribution in [0.2, 0.25) is 0 Å². The van der Waals surface area contributed by atoms with Gasteiger partial charge in [-0.15, -0.1) is 11.3 Å². The number of para-hydroxylation sites is 1. The smallest absolute Gasteiger partial charge is 0.149 e. The normalized spacial score (nSPS) is 18.3. The van der Waals surface area contributed by atoms with E-state index in [1.807, 2.05) is 17.5 Å². The van der Waals surface area contributed by atoms with Gasteiger partial charge in [0, 0.05) is 42.0 Å². The van der Waals surface area contributed by atoms with Crippen molar-refractivity contribution in [1.29, 1.82) is 0 Å². The highest BCUT2D eigenvalue weighted by molar-refractivity contribution is 7.18. The van der Waals surface area contributed by atoms with E-state index in [1.165, 1.54) is 6.07 Å². The summed E-state index contributed by atoms with van der Waals surface area (Å²) in [5.74, 6) is 0.854. The molecule has 1 atom stereocenters. The predicted molar refractivity (Wildman–Crippen MR) is 137 cm³/mol. The van der Waals surface area contributed by atoms with Gasteiger partial charge >= 0.3 is 0 Å². The maximum Gasteiger partial charge on any atom is 0.149 e. The molecule has 0 aliphatic carbocycles. The molecule has 2 aromatic carbocycles. The zero-order chi connectivity index (χ0) is 23.6. The molecule has 2 aliphatic heterocycles. The lowest BCUT2D eigenvalue weighted by molar-refractivity contribution is 0.0322. The Bertz CT molecular complexity index is 1390. The van der Waals surface area contributed by atoms with E-state index >= 15 is 0 Å². The number of nitrogens with one attached hydrogen (secondary N) is 3. The van der Waals surface area contributed by atoms with Gasteiger partial charge in [0.25, 0.3) is 0 Å². The molecule has 6 rings (SSSR count). The fourth-order valence-electron chi connectivity index (χ4n) is 4.43. The topological polar surface area (TPSA) is 83.0 Å². The van der Waals surface area contributed by atoms with Gasteiger partial charge in [-0.1, -0.05) is 18.2 Å². The van der Waals surface area contributed by atoms with E-state index in [0.717, 1.165) is 59.4 Å². The van der Waals surface area contributed by atoms with Gasteiger partial charge in [-0.3, -0.25) is 4.90 Å². The number of pyridine rings is 1. The van der Waals surface area contributed by atoms with Crippen LogP contribution in [0.1, 0.15) is 11.7 Å². The standard InChI is InChI=1S/C25H25FN6O2S/c26-20-5-4-16(34-12-9-32-7-10-33-11-8-32)14-21(20)29-25-23-18(6-13-35-23)17-2-1-3-19(22(17)30-25)24-27-15-28-31-24/h1-6,13-15,24,31H,7-12H2,(H,27,28)(H,29,30). The number of aliphatic imine (C=N–C) groups is 1. The van der Waals surface area contributed by atoms with Crippen molar-refractivity contribution >= 4 is 50.2 Å². The van der Waals surface area contributed by atoms with Crippen molar-refractivity contribution in [2.24, 2.45) is 4.99 Å². The first-order valence-electron chi connectivity index (χ1n) is 11.6. The molecule has 1 saturated heterocycles. The van der Waals surface area contributed by atoms with Gasteiger partial charge in [0.05, 0.1) is 35.5 Å². The van der Waals surface area contributed by atoms with E-state index in [9.17, 15) is 4.39 Å². The highest BCUT2D eigenvalue weighted by Gasteiger charge is 2.20. The van der Waals surface area contributed by atoms with Crippen molar-refractivity contribution in [2.75, 3.05) is 44.8 Å². The van der Waals surface area contributed by atoms with Crippen molar-refractivity contribution in [3.05, 3.63) is 59.2 Å². The van der Waals surface area contributed by atoms with Crippen molar-refractivity contribution in [3.8, 4) is 5.75 Å². The van der Waals surface area contributed by atoms with Crippen molar-refractivity contribution in [1.82, 2.24) is 20.7 Å². The van der Waals surface area contributed by atoms with E-state index in [2.05, 4.69) is 38.2 Å². The van der Waals surface area contributed by atoms with Gasteiger partial charge in [-0.2, -0.15) is 0 Å². The molecule has 0 saturated carbocycles. The Morgan fingerprint density at radius 3 is 2.94 bits per heavy atom. The first kappa shape index (κ1) is 22.2. The average Bonchev–Trinajstić information content (AvgIpc) is 3.59. The quantitative estimate of drug-likeness (QED) is 0.357. The lowest BCUT2D eigenvalue weighted by Crippen LogP contribution is -2.38. The number of anilines is 2. The number of aromatic nitrogens is 1. The summed E-state index contributed by atoms with van der Waals surface area (Å²) in [5, 5.41) is 7.36. The minimum Gasteiger partial charge on any atom is -0.492 e. The lowest BCUT2D eigenvalue weighted by atomic mass is 10.0. The number of rotatable bonds is 7. The minimum absolute atomic E-state index is 0.241. The lowest BCUT2D eigenvalue weighted by Gasteiger charge is -2.26. The van der Waals surface area contributed by atoms with Crippen LogP contribution in [0.3, 0.4) is 0 Å². The Labute approximate surface area is 205 Å². The maximum absolute atomic E-state index is 14.8. The third-order valence-electron chi connectivity index (χ3n) is 6.23. The number of benzene rings is 2. The molecule has 8 nitrogen and oxygen atoms in total. The van der Waals surface area contributed by atoms with Crippen LogP contribution >= 0.6 is 11.3 Å². The summed E-state index contributed by atoms with van der Waals surface area (Å²) < 4.78 is 27.1. The van der Waals surface area contributed by atoms with Gasteiger partial charge in [0.2, 0.25) is 0 Å². The molecule has 0 spiro atoms. The van der Waals surface area contributed by atoms with Gasteiger partial charge in [-0.05, 0) is 23.6 Å². The Balaban J connectivity index is 1.29. The second-order valence-electron chi connectivity index (χ2n) is 8.41. The first-order chi connectivity index (χ1) is 17.3. The third kappa shape index (κ3) is 4.53. The number of hydrogen-bond donors (Lipinski definition) is 3. The second-order valence-corrected chi connectivity index (χ2v) is 9.32. The molecule has 4 aromatic rings. The minimum atomic E-state index is -0.364. The number of fused-ring (bicyclic) bond motifs is 3. The number of thiophene rings is 1. The number of ether oxygens (including phenoxy) is 2. The van der Waals surface area contributed by atoms with Gasteiger partial charge in [0.15, 0.2) is 0 Å². The Hall–Kier alpha value is -3.31. The number of morpholine rings is 1. The van der Waals surface area contributed by atoms with Crippen LogP contribution in [0.25, 0.3) is 21.0 Å². The van der Waals surface area contributed by atoms with Crippen molar-refractivity contribution in [3.63, 3.8) is 0 Å². The maximum atomic E-state index is 14.8. The monoisotopic (exact) mass is 492 g/mol. The second kappa shape index (κ2) is 9.74. The molecule has 4 heterocycles.